The van der Waals surface area contributed by atoms with Crippen LogP contribution in [-0.2, 0) is 12.1 Å². The summed E-state index contributed by atoms with van der Waals surface area (Å²) in [6, 6.07) is 3.67. The standard InChI is InChI=1S/C17H14ClFN4O4/c1-17(2)14-9(7-23(21-14)16(25)26)6-22(17)15(24)20-12-10(19)4-3-8-5-11(18)27-13(8)12/h3-5,7H,6H2,1-2H3,(H,20,24)(H,25,26). The summed E-state index contributed by atoms with van der Waals surface area (Å²) in [6.45, 7) is 3.61. The number of carboxylic acid groups (broad SMARTS) is 1. The molecular weight excluding hydrogens is 379 g/mol. The molecule has 0 spiro atoms. The topological polar surface area (TPSA) is 101 Å². The Kier molecular flexibility index (Phi) is 3.67. The number of furan rings is 1. The van der Waals surface area contributed by atoms with Gasteiger partial charge in [-0.3, -0.25) is 0 Å². The molecule has 0 unspecified atom stereocenters. The van der Waals surface area contributed by atoms with Crippen molar-refractivity contribution in [2.24, 2.45) is 0 Å². The Balaban J connectivity index is 1.66. The van der Waals surface area contributed by atoms with Gasteiger partial charge in [0.25, 0.3) is 0 Å². The van der Waals surface area contributed by atoms with E-state index in [-0.39, 0.29) is 23.0 Å². The first-order valence-corrected chi connectivity index (χ1v) is 8.35. The highest BCUT2D eigenvalue weighted by Gasteiger charge is 2.43. The van der Waals surface area contributed by atoms with Crippen molar-refractivity contribution < 1.29 is 23.5 Å². The van der Waals surface area contributed by atoms with Crippen LogP contribution in [0.3, 0.4) is 0 Å². The van der Waals surface area contributed by atoms with Gasteiger partial charge in [0.15, 0.2) is 16.6 Å². The largest absolute Gasteiger partial charge is 0.463 e. The van der Waals surface area contributed by atoms with Gasteiger partial charge in [-0.15, -0.1) is 0 Å². The molecule has 1 aromatic carbocycles. The van der Waals surface area contributed by atoms with Crippen LogP contribution in [0.2, 0.25) is 5.22 Å². The zero-order valence-corrected chi connectivity index (χ0v) is 15.0. The normalized spacial score (nSPS) is 15.2. The molecule has 10 heteroatoms. The molecule has 8 nitrogen and oxygen atoms in total. The van der Waals surface area contributed by atoms with Gasteiger partial charge in [0, 0.05) is 23.2 Å². The summed E-state index contributed by atoms with van der Waals surface area (Å²) < 4.78 is 20.4. The van der Waals surface area contributed by atoms with Crippen LogP contribution in [0.25, 0.3) is 11.0 Å². The third kappa shape index (κ3) is 2.62. The van der Waals surface area contributed by atoms with E-state index in [1.165, 1.54) is 29.3 Å². The van der Waals surface area contributed by atoms with Gasteiger partial charge < -0.3 is 19.7 Å². The number of carbonyl (C=O) groups excluding carboxylic acids is 1. The summed E-state index contributed by atoms with van der Waals surface area (Å²) in [5, 5.41) is 16.3. The number of anilines is 1. The number of carbonyl (C=O) groups is 2. The molecule has 0 atom stereocenters. The van der Waals surface area contributed by atoms with Crippen molar-refractivity contribution in [3.05, 3.63) is 46.7 Å². The van der Waals surface area contributed by atoms with Gasteiger partial charge in [-0.25, -0.2) is 14.0 Å². The Morgan fingerprint density at radius 3 is 2.81 bits per heavy atom. The maximum atomic E-state index is 14.3. The number of hydrogen-bond acceptors (Lipinski definition) is 4. The second-order valence-corrected chi connectivity index (χ2v) is 7.07. The molecule has 0 aliphatic carbocycles. The van der Waals surface area contributed by atoms with Gasteiger partial charge in [0.1, 0.15) is 5.69 Å². The van der Waals surface area contributed by atoms with Gasteiger partial charge in [-0.2, -0.15) is 9.78 Å². The fraction of sp³-hybridized carbons (Fsp3) is 0.235. The molecule has 2 amide bonds. The molecule has 27 heavy (non-hydrogen) atoms. The summed E-state index contributed by atoms with van der Waals surface area (Å²) in [7, 11) is 0. The highest BCUT2D eigenvalue weighted by Crippen LogP contribution is 2.39. The molecule has 0 fully saturated rings. The van der Waals surface area contributed by atoms with E-state index >= 15 is 0 Å². The van der Waals surface area contributed by atoms with Crippen LogP contribution in [0.1, 0.15) is 25.1 Å². The van der Waals surface area contributed by atoms with Crippen LogP contribution in [0, 0.1) is 5.82 Å². The molecule has 140 valence electrons. The average Bonchev–Trinajstić information content (AvgIpc) is 3.23. The fourth-order valence-corrected chi connectivity index (χ4v) is 3.49. The second-order valence-electron chi connectivity index (χ2n) is 6.70. The van der Waals surface area contributed by atoms with Crippen LogP contribution in [0.4, 0.5) is 19.7 Å². The van der Waals surface area contributed by atoms with Crippen molar-refractivity contribution in [3.63, 3.8) is 0 Å². The number of nitrogens with one attached hydrogen (secondary N) is 1. The van der Waals surface area contributed by atoms with E-state index in [0.717, 1.165) is 4.68 Å². The lowest BCUT2D eigenvalue weighted by atomic mass is 10.0. The lowest BCUT2D eigenvalue weighted by Crippen LogP contribution is -2.43. The molecule has 0 bridgehead atoms. The first-order valence-electron chi connectivity index (χ1n) is 7.97. The van der Waals surface area contributed by atoms with Gasteiger partial charge in [0.2, 0.25) is 0 Å². The lowest BCUT2D eigenvalue weighted by Gasteiger charge is -2.31. The fourth-order valence-electron chi connectivity index (χ4n) is 3.30. The monoisotopic (exact) mass is 392 g/mol. The Bertz CT molecular complexity index is 1100. The van der Waals surface area contributed by atoms with E-state index in [2.05, 4.69) is 10.4 Å². The molecule has 2 N–H and O–H groups in total. The maximum absolute atomic E-state index is 14.3. The zero-order valence-electron chi connectivity index (χ0n) is 14.3. The second kappa shape index (κ2) is 5.71. The molecular formula is C17H14ClFN4O4. The first-order chi connectivity index (χ1) is 12.7. The molecule has 0 saturated heterocycles. The summed E-state index contributed by atoms with van der Waals surface area (Å²) in [5.41, 5.74) is 0.224. The highest BCUT2D eigenvalue weighted by atomic mass is 35.5. The van der Waals surface area contributed by atoms with E-state index in [0.29, 0.717) is 16.6 Å². The molecule has 0 saturated carbocycles. The Morgan fingerprint density at radius 2 is 2.15 bits per heavy atom. The van der Waals surface area contributed by atoms with Crippen molar-refractivity contribution in [2.45, 2.75) is 25.9 Å². The minimum Gasteiger partial charge on any atom is -0.463 e. The van der Waals surface area contributed by atoms with E-state index in [4.69, 9.17) is 21.1 Å². The smallest absolute Gasteiger partial charge is 0.432 e. The number of fused-ring (bicyclic) bond motifs is 2. The van der Waals surface area contributed by atoms with Crippen molar-refractivity contribution in [1.29, 1.82) is 0 Å². The van der Waals surface area contributed by atoms with Crippen molar-refractivity contribution in [3.8, 4) is 0 Å². The molecule has 3 heterocycles. The SMILES string of the molecule is CC1(C)c2nn(C(=O)O)cc2CN1C(=O)Nc1c(F)ccc2cc(Cl)oc12. The van der Waals surface area contributed by atoms with E-state index in [9.17, 15) is 14.0 Å². The highest BCUT2D eigenvalue weighted by molar-refractivity contribution is 6.30. The minimum atomic E-state index is -1.21. The molecule has 1 aliphatic rings. The Labute approximate surface area is 157 Å². The average molecular weight is 393 g/mol. The molecule has 4 rings (SSSR count). The number of hydrogen-bond donors (Lipinski definition) is 2. The summed E-state index contributed by atoms with van der Waals surface area (Å²) in [4.78, 5) is 25.4. The number of benzene rings is 1. The predicted octanol–water partition coefficient (Wildman–Crippen LogP) is 4.23. The zero-order chi connectivity index (χ0) is 19.5. The van der Waals surface area contributed by atoms with Crippen LogP contribution < -0.4 is 5.32 Å². The lowest BCUT2D eigenvalue weighted by molar-refractivity contribution is 0.153. The Morgan fingerprint density at radius 1 is 1.41 bits per heavy atom. The maximum Gasteiger partial charge on any atom is 0.432 e. The molecule has 0 radical (unpaired) electrons. The summed E-state index contributed by atoms with van der Waals surface area (Å²) in [5.74, 6) is -0.660. The third-order valence-electron chi connectivity index (χ3n) is 4.65. The van der Waals surface area contributed by atoms with Crippen LogP contribution in [0.5, 0.6) is 0 Å². The molecule has 2 aromatic heterocycles. The van der Waals surface area contributed by atoms with Crippen molar-refractivity contribution >= 4 is 40.4 Å². The van der Waals surface area contributed by atoms with Crippen LogP contribution in [-0.4, -0.2) is 31.9 Å². The summed E-state index contributed by atoms with van der Waals surface area (Å²) >= 11 is 5.83. The van der Waals surface area contributed by atoms with E-state index in [1.807, 2.05) is 0 Å². The van der Waals surface area contributed by atoms with Crippen LogP contribution >= 0.6 is 11.6 Å². The van der Waals surface area contributed by atoms with Gasteiger partial charge >= 0.3 is 12.1 Å². The number of aromatic nitrogens is 2. The number of amides is 2. The predicted molar refractivity (Wildman–Crippen MR) is 94.4 cm³/mol. The van der Waals surface area contributed by atoms with Crippen molar-refractivity contribution in [1.82, 2.24) is 14.7 Å². The number of rotatable bonds is 1. The first kappa shape index (κ1) is 17.3. The molecule has 3 aromatic rings. The number of halogens is 2. The Hall–Kier alpha value is -3.07. The van der Waals surface area contributed by atoms with Gasteiger partial charge in [-0.05, 0) is 37.6 Å². The van der Waals surface area contributed by atoms with Crippen molar-refractivity contribution in [2.75, 3.05) is 5.32 Å². The summed E-state index contributed by atoms with van der Waals surface area (Å²) in [6.07, 6.45) is 0.153. The third-order valence-corrected chi connectivity index (χ3v) is 4.84. The van der Waals surface area contributed by atoms with E-state index < -0.39 is 23.5 Å². The van der Waals surface area contributed by atoms with Crippen LogP contribution in [0.15, 0.2) is 28.8 Å². The minimum absolute atomic E-state index is 0.0791. The number of urea groups is 1. The van der Waals surface area contributed by atoms with Gasteiger partial charge in [-0.1, -0.05) is 0 Å². The number of nitrogens with zero attached hydrogens (tertiary/aromatic N) is 3. The quantitative estimate of drug-likeness (QED) is 0.645. The molecule has 1 aliphatic heterocycles. The van der Waals surface area contributed by atoms with Gasteiger partial charge in [0.05, 0.1) is 17.8 Å². The van der Waals surface area contributed by atoms with E-state index in [1.54, 1.807) is 13.8 Å².